The zero-order valence-electron chi connectivity index (χ0n) is 9.61. The van der Waals surface area contributed by atoms with Crippen LogP contribution in [0.4, 0.5) is 0 Å². The third-order valence-electron chi connectivity index (χ3n) is 1.75. The van der Waals surface area contributed by atoms with Crippen LogP contribution >= 0.6 is 0 Å². The van der Waals surface area contributed by atoms with Crippen LogP contribution in [0.15, 0.2) is 23.1 Å². The Bertz CT molecular complexity index is 569. The van der Waals surface area contributed by atoms with E-state index in [0.717, 1.165) is 18.2 Å². The van der Waals surface area contributed by atoms with E-state index >= 15 is 0 Å². The van der Waals surface area contributed by atoms with E-state index in [1.54, 1.807) is 0 Å². The summed E-state index contributed by atoms with van der Waals surface area (Å²) in [5.41, 5.74) is -1.67. The molecule has 0 aliphatic heterocycles. The molecule has 88 valence electrons. The van der Waals surface area contributed by atoms with Crippen molar-refractivity contribution in [2.45, 2.75) is 4.90 Å². The Morgan fingerprint density at radius 2 is 1.65 bits per heavy atom. The molecule has 0 spiro atoms. The first-order chi connectivity index (χ1) is 7.25. The fourth-order valence-corrected chi connectivity index (χ4v) is 1.85. The van der Waals surface area contributed by atoms with Crippen LogP contribution in [0.1, 0.15) is 22.1 Å². The smallest absolute Gasteiger partial charge is 1.00 e. The summed E-state index contributed by atoms with van der Waals surface area (Å²) < 4.78 is 30.4. The second-order valence-corrected chi connectivity index (χ2v) is 4.15. The summed E-state index contributed by atoms with van der Waals surface area (Å²) in [6.45, 7) is 0. The Kier molecular flexibility index (Phi) is 5.30. The average Bonchev–Trinajstić information content (AvgIpc) is 2.14. The molecular weight excluding hydrogens is 263 g/mol. The maximum Gasteiger partial charge on any atom is 1.00 e. The molecule has 0 aliphatic rings. The Balaban J connectivity index is 0. The Labute approximate surface area is 120 Å². The standard InChI is InChI=1S/C8H6O7S.Na.H/c9-7(10)4-2-1-3-5(16(13,14)15)6(4)8(11)12;;/h1-3H,(H,9,10)(H,11,12)(H,13,14,15);;/q;+1;-1. The predicted octanol–water partition coefficient (Wildman–Crippen LogP) is -2.55. The molecule has 0 amide bonds. The molecule has 1 aromatic rings. The number of carboxylic acids is 2. The number of carboxylic acid groups (broad SMARTS) is 2. The van der Waals surface area contributed by atoms with Gasteiger partial charge in [-0.2, -0.15) is 8.42 Å². The third-order valence-corrected chi connectivity index (χ3v) is 2.64. The van der Waals surface area contributed by atoms with Crippen LogP contribution in [-0.2, 0) is 10.1 Å². The number of carbonyl (C=O) groups is 2. The van der Waals surface area contributed by atoms with Crippen LogP contribution < -0.4 is 29.6 Å². The van der Waals surface area contributed by atoms with E-state index < -0.39 is 38.1 Å². The number of hydrogen-bond donors (Lipinski definition) is 3. The second kappa shape index (κ2) is 5.61. The molecule has 7 nitrogen and oxygen atoms in total. The van der Waals surface area contributed by atoms with E-state index in [0.29, 0.717) is 0 Å². The number of benzene rings is 1. The van der Waals surface area contributed by atoms with Crippen molar-refractivity contribution in [1.82, 2.24) is 0 Å². The topological polar surface area (TPSA) is 129 Å². The van der Waals surface area contributed by atoms with Crippen molar-refractivity contribution in [2.75, 3.05) is 0 Å². The molecule has 0 unspecified atom stereocenters. The monoisotopic (exact) mass is 270 g/mol. The van der Waals surface area contributed by atoms with Crippen LogP contribution in [0.2, 0.25) is 0 Å². The normalized spacial score (nSPS) is 10.4. The van der Waals surface area contributed by atoms with E-state index in [-0.39, 0.29) is 31.0 Å². The van der Waals surface area contributed by atoms with Crippen LogP contribution in [0.3, 0.4) is 0 Å². The van der Waals surface area contributed by atoms with Gasteiger partial charge in [0.2, 0.25) is 0 Å². The number of hydrogen-bond acceptors (Lipinski definition) is 4. The molecule has 0 saturated carbocycles. The Morgan fingerprint density at radius 1 is 1.12 bits per heavy atom. The largest absolute Gasteiger partial charge is 1.00 e. The van der Waals surface area contributed by atoms with Gasteiger partial charge < -0.3 is 11.6 Å². The number of aromatic carboxylic acids is 2. The van der Waals surface area contributed by atoms with Crippen molar-refractivity contribution in [3.63, 3.8) is 0 Å². The van der Waals surface area contributed by atoms with Gasteiger partial charge >= 0.3 is 41.5 Å². The van der Waals surface area contributed by atoms with Crippen LogP contribution in [0, 0.1) is 0 Å². The van der Waals surface area contributed by atoms with Crippen LogP contribution in [0.5, 0.6) is 0 Å². The molecule has 0 heterocycles. The minimum Gasteiger partial charge on any atom is -1.00 e. The summed E-state index contributed by atoms with van der Waals surface area (Å²) >= 11 is 0. The average molecular weight is 270 g/mol. The molecule has 17 heavy (non-hydrogen) atoms. The van der Waals surface area contributed by atoms with Crippen molar-refractivity contribution in [2.24, 2.45) is 0 Å². The fourth-order valence-electron chi connectivity index (χ4n) is 1.14. The van der Waals surface area contributed by atoms with E-state index in [1.807, 2.05) is 0 Å². The minimum atomic E-state index is -4.78. The molecule has 0 saturated heterocycles. The molecule has 1 aromatic carbocycles. The fraction of sp³-hybridized carbons (Fsp3) is 0. The summed E-state index contributed by atoms with van der Waals surface area (Å²) in [5.74, 6) is -3.34. The minimum absolute atomic E-state index is 0. The van der Waals surface area contributed by atoms with Gasteiger partial charge in [-0.05, 0) is 12.1 Å². The van der Waals surface area contributed by atoms with Gasteiger partial charge in [0.15, 0.2) is 0 Å². The van der Waals surface area contributed by atoms with Gasteiger partial charge in [0, 0.05) is 0 Å². The molecule has 0 bridgehead atoms. The summed E-state index contributed by atoms with van der Waals surface area (Å²) in [6.07, 6.45) is 0. The first kappa shape index (κ1) is 16.1. The molecule has 0 radical (unpaired) electrons. The molecule has 0 fully saturated rings. The van der Waals surface area contributed by atoms with Gasteiger partial charge in [-0.15, -0.1) is 0 Å². The first-order valence-electron chi connectivity index (χ1n) is 3.82. The van der Waals surface area contributed by atoms with Crippen molar-refractivity contribution in [3.05, 3.63) is 29.3 Å². The molecule has 0 atom stereocenters. The van der Waals surface area contributed by atoms with Crippen molar-refractivity contribution < 1.29 is 63.8 Å². The van der Waals surface area contributed by atoms with Gasteiger partial charge in [-0.3, -0.25) is 4.55 Å². The zero-order valence-corrected chi connectivity index (χ0v) is 11.4. The van der Waals surface area contributed by atoms with E-state index in [2.05, 4.69) is 0 Å². The van der Waals surface area contributed by atoms with Crippen molar-refractivity contribution >= 4 is 22.1 Å². The summed E-state index contributed by atoms with van der Waals surface area (Å²) in [7, 11) is -4.78. The predicted molar refractivity (Wildman–Crippen MR) is 51.3 cm³/mol. The van der Waals surface area contributed by atoms with Gasteiger partial charge in [0.05, 0.1) is 11.1 Å². The van der Waals surface area contributed by atoms with Gasteiger partial charge in [-0.25, -0.2) is 9.59 Å². The van der Waals surface area contributed by atoms with Crippen molar-refractivity contribution in [1.29, 1.82) is 0 Å². The Morgan fingerprint density at radius 3 is 2.00 bits per heavy atom. The molecule has 9 heteroatoms. The second-order valence-electron chi connectivity index (χ2n) is 2.76. The van der Waals surface area contributed by atoms with Gasteiger partial charge in [-0.1, -0.05) is 6.07 Å². The molecule has 0 aliphatic carbocycles. The summed E-state index contributed by atoms with van der Waals surface area (Å²) in [6, 6.07) is 2.77. The maximum absolute atomic E-state index is 10.8. The van der Waals surface area contributed by atoms with E-state index in [4.69, 9.17) is 14.8 Å². The van der Waals surface area contributed by atoms with Gasteiger partial charge in [0.25, 0.3) is 10.1 Å². The summed E-state index contributed by atoms with van der Waals surface area (Å²) in [4.78, 5) is 20.5. The SMILES string of the molecule is O=C(O)c1cccc(S(=O)(=O)O)c1C(=O)O.[H-].[Na+]. The maximum atomic E-state index is 10.8. The summed E-state index contributed by atoms with van der Waals surface area (Å²) in [5, 5.41) is 17.4. The van der Waals surface area contributed by atoms with E-state index in [1.165, 1.54) is 0 Å². The molecule has 0 aromatic heterocycles. The quantitative estimate of drug-likeness (QED) is 0.407. The molecule has 3 N–H and O–H groups in total. The van der Waals surface area contributed by atoms with Crippen molar-refractivity contribution in [3.8, 4) is 0 Å². The first-order valence-corrected chi connectivity index (χ1v) is 5.26. The number of rotatable bonds is 3. The zero-order chi connectivity index (χ0) is 12.5. The molecule has 1 rings (SSSR count). The van der Waals surface area contributed by atoms with Gasteiger partial charge in [0.1, 0.15) is 4.90 Å². The van der Waals surface area contributed by atoms with E-state index in [9.17, 15) is 18.0 Å². The molecular formula is C8H7NaO7S. The van der Waals surface area contributed by atoms with Crippen LogP contribution in [0.25, 0.3) is 0 Å². The third kappa shape index (κ3) is 3.51. The Hall–Kier alpha value is -0.930. The van der Waals surface area contributed by atoms with Crippen LogP contribution in [-0.4, -0.2) is 35.1 Å².